The van der Waals surface area contributed by atoms with E-state index in [0.29, 0.717) is 38.7 Å². The standard InChI is InChI=1S/C24H18F3N3.C13H11N.C11H8BrF3N2.C11H10F3N3.2CH4.HI/c1-17-15-30(16-28-17)22-13-20(24(25,26)27)12-21(14-22)29-23(18-8-4-2-5-9-18)19-10-6-3-7-11-19;14-13(11-7-3-1-4-8-11)12-9-5-2-6-10-12;1-7-5-17(6-16-7)10-3-8(11(13,14)15)2-9(12)4-10;1-7-5-17(6-16-7)10-3-8(11(12,13)14)2-9(15)4-10;;;/h2-16H,1H3;1-10,14H;2-6H,1H3;2-6H,15H2,1H3;2*1H4;1H. The Kier molecular flexibility index (Phi) is 23.3. The van der Waals surface area contributed by atoms with Gasteiger partial charge in [-0.1, -0.05) is 152 Å². The summed E-state index contributed by atoms with van der Waals surface area (Å²) in [5.74, 6) is 0. The summed E-state index contributed by atoms with van der Waals surface area (Å²) >= 11 is 3.08. The number of nitrogens with two attached hydrogens (primary N) is 1. The van der Waals surface area contributed by atoms with E-state index in [4.69, 9.17) is 11.1 Å². The minimum Gasteiger partial charge on any atom is -0.399 e. The molecule has 0 aliphatic rings. The number of nitrogens with zero attached hydrogens (tertiary/aromatic N) is 7. The molecule has 0 radical (unpaired) electrons. The van der Waals surface area contributed by atoms with E-state index in [1.807, 2.05) is 121 Å². The third-order valence-electron chi connectivity index (χ3n) is 11.2. The molecule has 422 valence electrons. The number of halogens is 11. The topological polar surface area (TPSA) is 116 Å². The Bertz CT molecular complexity index is 3430. The maximum absolute atomic E-state index is 13.6. The van der Waals surface area contributed by atoms with Crippen molar-refractivity contribution in [3.05, 3.63) is 274 Å². The van der Waals surface area contributed by atoms with Crippen molar-refractivity contribution in [2.75, 3.05) is 5.73 Å². The molecule has 3 heterocycles. The Morgan fingerprint density at radius 3 is 1.12 bits per heavy atom. The number of aromatic nitrogens is 6. The fourth-order valence-electron chi connectivity index (χ4n) is 7.49. The first kappa shape index (κ1) is 65.4. The highest BCUT2D eigenvalue weighted by molar-refractivity contribution is 14.0. The van der Waals surface area contributed by atoms with Crippen molar-refractivity contribution in [1.29, 1.82) is 5.41 Å². The summed E-state index contributed by atoms with van der Waals surface area (Å²) < 4.78 is 121. The number of alkyl halides is 9. The number of hydrogen-bond donors (Lipinski definition) is 2. The van der Waals surface area contributed by atoms with Crippen LogP contribution in [0, 0.1) is 26.2 Å². The molecule has 0 saturated carbocycles. The van der Waals surface area contributed by atoms with Crippen LogP contribution >= 0.6 is 39.9 Å². The monoisotopic (exact) mass is 1290 g/mol. The van der Waals surface area contributed by atoms with Gasteiger partial charge in [-0.2, -0.15) is 39.5 Å². The van der Waals surface area contributed by atoms with Crippen LogP contribution in [-0.4, -0.2) is 40.1 Å². The molecule has 0 saturated heterocycles. The van der Waals surface area contributed by atoms with Gasteiger partial charge in [-0.25, -0.2) is 19.9 Å². The Hall–Kier alpha value is -8.11. The summed E-state index contributed by atoms with van der Waals surface area (Å²) in [5, 5.41) is 7.97. The van der Waals surface area contributed by atoms with E-state index in [1.165, 1.54) is 29.6 Å². The molecular weight excluding hydrogens is 1240 g/mol. The Labute approximate surface area is 489 Å². The Balaban J connectivity index is 0.000000241. The first-order valence-corrected chi connectivity index (χ1v) is 24.3. The van der Waals surface area contributed by atoms with E-state index in [0.717, 1.165) is 70.0 Å². The lowest BCUT2D eigenvalue weighted by atomic mass is 10.0. The smallest absolute Gasteiger partial charge is 0.399 e. The van der Waals surface area contributed by atoms with Crippen LogP contribution in [0.3, 0.4) is 0 Å². The summed E-state index contributed by atoms with van der Waals surface area (Å²) in [6, 6.07) is 49.3. The number of anilines is 1. The fourth-order valence-corrected chi connectivity index (χ4v) is 7.97. The second-order valence-corrected chi connectivity index (χ2v) is 18.2. The number of rotatable bonds is 8. The molecule has 0 fully saturated rings. The molecule has 0 bridgehead atoms. The van der Waals surface area contributed by atoms with Crippen LogP contribution in [0.1, 0.15) is 70.9 Å². The molecule has 0 spiro atoms. The Morgan fingerprint density at radius 1 is 0.457 bits per heavy atom. The Morgan fingerprint density at radius 2 is 0.778 bits per heavy atom. The molecule has 0 amide bonds. The summed E-state index contributed by atoms with van der Waals surface area (Å²) in [5.41, 5.74) is 11.6. The number of aryl methyl sites for hydroxylation is 3. The molecule has 10 aromatic rings. The number of nitrogens with one attached hydrogen (secondary N) is 1. The van der Waals surface area contributed by atoms with E-state index < -0.39 is 35.2 Å². The van der Waals surface area contributed by atoms with E-state index in [1.54, 1.807) is 60.6 Å². The van der Waals surface area contributed by atoms with Crippen LogP contribution < -0.4 is 5.73 Å². The zero-order valence-electron chi connectivity index (χ0n) is 42.1. The van der Waals surface area contributed by atoms with Gasteiger partial charge in [-0.05, 0) is 86.5 Å². The van der Waals surface area contributed by atoms with Crippen molar-refractivity contribution < 1.29 is 39.5 Å². The van der Waals surface area contributed by atoms with Crippen LogP contribution in [0.5, 0.6) is 0 Å². The maximum atomic E-state index is 13.6. The van der Waals surface area contributed by atoms with Gasteiger partial charge in [-0.15, -0.1) is 24.0 Å². The van der Waals surface area contributed by atoms with Crippen molar-refractivity contribution in [2.45, 2.75) is 54.2 Å². The highest BCUT2D eigenvalue weighted by Crippen LogP contribution is 2.36. The molecule has 0 aliphatic heterocycles. The van der Waals surface area contributed by atoms with Crippen LogP contribution in [0.4, 0.5) is 50.9 Å². The molecule has 9 nitrogen and oxygen atoms in total. The SMILES string of the molecule is C.C.Cc1cn(-c2cc(Br)cc(C(F)(F)F)c2)cn1.Cc1cn(-c2cc(N)cc(C(F)(F)F)c2)cn1.Cc1cn(-c2cc(N=C(c3ccccc3)c3ccccc3)cc(C(F)(F)F)c2)cn1.I.N=C(c1ccccc1)c1ccccc1. The number of aliphatic imine (C=N–C) groups is 1. The molecular formula is C61H56BrF9IN9. The van der Waals surface area contributed by atoms with E-state index >= 15 is 0 Å². The van der Waals surface area contributed by atoms with Crippen LogP contribution in [0.2, 0.25) is 0 Å². The molecule has 0 atom stereocenters. The fraction of sp³-hybridized carbons (Fsp3) is 0.131. The van der Waals surface area contributed by atoms with Gasteiger partial charge in [0.15, 0.2) is 0 Å². The second-order valence-electron chi connectivity index (χ2n) is 17.3. The zero-order chi connectivity index (χ0) is 56.2. The van der Waals surface area contributed by atoms with Gasteiger partial charge in [0.2, 0.25) is 0 Å². The number of nitrogen functional groups attached to an aromatic ring is 1. The third-order valence-corrected chi connectivity index (χ3v) is 11.7. The van der Waals surface area contributed by atoms with Gasteiger partial charge in [0.1, 0.15) is 0 Å². The predicted octanol–water partition coefficient (Wildman–Crippen LogP) is 18.1. The second kappa shape index (κ2) is 28.9. The highest BCUT2D eigenvalue weighted by Gasteiger charge is 2.33. The van der Waals surface area contributed by atoms with Crippen molar-refractivity contribution in [1.82, 2.24) is 28.7 Å². The molecule has 20 heteroatoms. The lowest BCUT2D eigenvalue weighted by molar-refractivity contribution is -0.138. The molecule has 0 aliphatic carbocycles. The number of benzene rings is 7. The molecule has 0 unspecified atom stereocenters. The minimum absolute atomic E-state index is 0. The molecule has 7 aromatic carbocycles. The summed E-state index contributed by atoms with van der Waals surface area (Å²) in [6.07, 6.45) is -3.84. The molecule has 3 N–H and O–H groups in total. The van der Waals surface area contributed by atoms with E-state index in [9.17, 15) is 39.5 Å². The van der Waals surface area contributed by atoms with E-state index in [-0.39, 0.29) is 50.2 Å². The number of hydrogen-bond acceptors (Lipinski definition) is 6. The molecule has 10 rings (SSSR count). The lowest BCUT2D eigenvalue weighted by Crippen LogP contribution is -2.07. The van der Waals surface area contributed by atoms with Crippen LogP contribution in [0.15, 0.2) is 223 Å². The number of imidazole rings is 3. The maximum Gasteiger partial charge on any atom is 0.416 e. The van der Waals surface area contributed by atoms with Crippen LogP contribution in [-0.2, 0) is 18.5 Å². The van der Waals surface area contributed by atoms with Crippen molar-refractivity contribution >= 4 is 62.7 Å². The van der Waals surface area contributed by atoms with Crippen molar-refractivity contribution in [2.24, 2.45) is 4.99 Å². The summed E-state index contributed by atoms with van der Waals surface area (Å²) in [6.45, 7) is 5.32. The predicted molar refractivity (Wildman–Crippen MR) is 318 cm³/mol. The van der Waals surface area contributed by atoms with Gasteiger partial charge in [0.25, 0.3) is 0 Å². The van der Waals surface area contributed by atoms with Gasteiger partial charge in [-0.3, -0.25) is 5.41 Å². The van der Waals surface area contributed by atoms with E-state index in [2.05, 4.69) is 35.9 Å². The normalized spacial score (nSPS) is 10.8. The first-order valence-electron chi connectivity index (χ1n) is 23.5. The van der Waals surface area contributed by atoms with Gasteiger partial charge in [0, 0.05) is 56.9 Å². The average molecular weight is 1290 g/mol. The van der Waals surface area contributed by atoms with Gasteiger partial charge < -0.3 is 19.4 Å². The first-order chi connectivity index (χ1) is 37.0. The average Bonchev–Trinajstić information content (AvgIpc) is 4.20. The zero-order valence-corrected chi connectivity index (χ0v) is 46.0. The summed E-state index contributed by atoms with van der Waals surface area (Å²) in [4.78, 5) is 16.7. The van der Waals surface area contributed by atoms with Crippen LogP contribution in [0.25, 0.3) is 17.1 Å². The lowest BCUT2D eigenvalue weighted by Gasteiger charge is -2.13. The highest BCUT2D eigenvalue weighted by atomic mass is 127. The van der Waals surface area contributed by atoms with Gasteiger partial charge >= 0.3 is 18.5 Å². The largest absolute Gasteiger partial charge is 0.416 e. The third kappa shape index (κ3) is 18.7. The van der Waals surface area contributed by atoms with Crippen molar-refractivity contribution in [3.8, 4) is 17.1 Å². The molecule has 3 aromatic heterocycles. The quantitative estimate of drug-likeness (QED) is 0.0682. The van der Waals surface area contributed by atoms with Gasteiger partial charge in [0.05, 0.1) is 69.9 Å². The minimum atomic E-state index is -4.49. The van der Waals surface area contributed by atoms with Crippen molar-refractivity contribution in [3.63, 3.8) is 0 Å². The summed E-state index contributed by atoms with van der Waals surface area (Å²) in [7, 11) is 0. The molecule has 81 heavy (non-hydrogen) atoms.